The second kappa shape index (κ2) is 59.6. The van der Waals surface area contributed by atoms with Crippen molar-refractivity contribution in [2.75, 3.05) is 6.61 Å². The first-order chi connectivity index (χ1) is 62.3. The highest BCUT2D eigenvalue weighted by Crippen LogP contribution is 2.51. The molecule has 17 heteroatoms. The molecule has 137 heavy (non-hydrogen) atoms. The molecule has 0 aromatic rings. The highest BCUT2D eigenvalue weighted by atomic mass is 16.5. The molecule has 0 spiro atoms. The molecule has 0 aliphatic rings. The zero-order valence-electron chi connectivity index (χ0n) is 99.0. The van der Waals surface area contributed by atoms with Crippen molar-refractivity contribution in [3.8, 4) is 0 Å². The van der Waals surface area contributed by atoms with Crippen molar-refractivity contribution in [1.29, 1.82) is 0 Å². The maximum atomic E-state index is 12.5. The molecule has 0 aromatic heterocycles. The minimum Gasteiger partial charge on any atom is -0.396 e. The van der Waals surface area contributed by atoms with Gasteiger partial charge in [0.1, 0.15) is 0 Å². The third-order valence-corrected chi connectivity index (χ3v) is 46.4. The summed E-state index contributed by atoms with van der Waals surface area (Å²) in [4.78, 5) is 0. The molecule has 17 N–H and O–H groups in total. The van der Waals surface area contributed by atoms with Gasteiger partial charge < -0.3 is 86.8 Å². The van der Waals surface area contributed by atoms with Crippen LogP contribution in [0.2, 0.25) is 0 Å². The molecular weight excluding hydrogens is 1710 g/mol. The Morgan fingerprint density at radius 1 is 0.124 bits per heavy atom. The SMILES string of the molecule is CCC(C)C(C)C(C)C(C)C(O)C(C)C(C)C(C)C(C)C(C)C(C)C(C)C(C)C(C)C(O)C(C)C(C)C(C)C(C)C(C)C(C)C(C)C(C)C(C)C(O)C(C)C(C)C(C)C(C)C(C)C(C)C(C)C(C)C(C)C(O)C(C)C(C)C(C)C(C)C(C)C(C)C(C)C(C)C(C)C(O)(O)C(C)C(O)C(C)C(O)C(C)C(O)C(C)C(O)C(C)C(O)C(C)C(O)C(C)C(O)C(C)C(O)C(C)C(O)C(C)C(O)C(C)CO. The van der Waals surface area contributed by atoms with Gasteiger partial charge in [0.05, 0.1) is 85.5 Å². The summed E-state index contributed by atoms with van der Waals surface area (Å²) in [7, 11) is 0. The van der Waals surface area contributed by atoms with Gasteiger partial charge >= 0.3 is 0 Å². The fraction of sp³-hybridized carbons (Fsp3) is 1.00. The Hall–Kier alpha value is -0.680. The van der Waals surface area contributed by atoms with E-state index in [-0.39, 0.29) is 107 Å². The van der Waals surface area contributed by atoms with Crippen molar-refractivity contribution >= 4 is 0 Å². The van der Waals surface area contributed by atoms with Crippen molar-refractivity contribution in [1.82, 2.24) is 0 Å². The molecule has 0 radical (unpaired) electrons. The van der Waals surface area contributed by atoms with Crippen LogP contribution in [-0.2, 0) is 0 Å². The minimum atomic E-state index is -2.38. The lowest BCUT2D eigenvalue weighted by Gasteiger charge is -2.46. The maximum Gasteiger partial charge on any atom is 0.170 e. The average Bonchev–Trinajstić information content (AvgIpc) is 0.787. The van der Waals surface area contributed by atoms with E-state index in [0.717, 1.165) is 0 Å². The van der Waals surface area contributed by atoms with Crippen LogP contribution in [0.5, 0.6) is 0 Å². The second-order valence-electron chi connectivity index (χ2n) is 52.2. The molecule has 0 saturated carbocycles. The third-order valence-electron chi connectivity index (χ3n) is 46.4. The lowest BCUT2D eigenvalue weighted by atomic mass is 9.62. The first kappa shape index (κ1) is 136. The summed E-state index contributed by atoms with van der Waals surface area (Å²) in [6, 6.07) is 0. The van der Waals surface area contributed by atoms with Gasteiger partial charge in [0.25, 0.3) is 0 Å². The monoisotopic (exact) mass is 1960 g/mol. The lowest BCUT2D eigenvalue weighted by molar-refractivity contribution is -0.265. The molecule has 65 unspecified atom stereocenters. The quantitative estimate of drug-likeness (QED) is 0.0252. The number of aliphatic hydroxyl groups excluding tert-OH is 15. The van der Waals surface area contributed by atoms with Gasteiger partial charge in [0.2, 0.25) is 0 Å². The summed E-state index contributed by atoms with van der Waals surface area (Å²) in [6.07, 6.45) is -13.6. The van der Waals surface area contributed by atoms with Gasteiger partial charge in [-0.2, -0.15) is 0 Å². The summed E-state index contributed by atoms with van der Waals surface area (Å²) in [5.41, 5.74) is 0. The van der Waals surface area contributed by atoms with Crippen molar-refractivity contribution in [3.05, 3.63) is 0 Å². The molecule has 0 heterocycles. The zero-order chi connectivity index (χ0) is 108. The van der Waals surface area contributed by atoms with E-state index in [0.29, 0.717) is 136 Å². The van der Waals surface area contributed by atoms with Crippen molar-refractivity contribution in [2.45, 2.75) is 458 Å². The number of hydrogen-bond acceptors (Lipinski definition) is 17. The molecule has 0 bridgehead atoms. The topological polar surface area (TPSA) is 344 Å². The largest absolute Gasteiger partial charge is 0.396 e. The number of rotatable bonds is 67. The highest BCUT2D eigenvalue weighted by molar-refractivity contribution is 5.00. The lowest BCUT2D eigenvalue weighted by Crippen LogP contribution is -2.54. The van der Waals surface area contributed by atoms with E-state index < -0.39 is 156 Å². The van der Waals surface area contributed by atoms with Gasteiger partial charge in [-0.3, -0.25) is 0 Å². The molecule has 0 aliphatic heterocycles. The Bertz CT molecular complexity index is 3180. The normalized spacial score (nSPS) is 27.7. The summed E-state index contributed by atoms with van der Waals surface area (Å²) < 4.78 is 0. The molecule has 0 amide bonds. The Kier molecular flexibility index (Phi) is 59.3. The maximum absolute atomic E-state index is 12.5. The smallest absolute Gasteiger partial charge is 0.170 e. The first-order valence-electron chi connectivity index (χ1n) is 56.9. The van der Waals surface area contributed by atoms with Crippen molar-refractivity contribution in [3.63, 3.8) is 0 Å². The van der Waals surface area contributed by atoms with Gasteiger partial charge in [-0.1, -0.05) is 366 Å². The van der Waals surface area contributed by atoms with E-state index in [9.17, 15) is 86.8 Å². The summed E-state index contributed by atoms with van der Waals surface area (Å²) in [6.45, 7) is 113. The molecular formula is C120H242O17. The van der Waals surface area contributed by atoms with E-state index in [4.69, 9.17) is 0 Å². The van der Waals surface area contributed by atoms with Crippen molar-refractivity contribution < 1.29 is 86.8 Å². The number of aliphatic hydroxyl groups is 17. The van der Waals surface area contributed by atoms with Gasteiger partial charge in [0.15, 0.2) is 5.79 Å². The molecule has 0 saturated heterocycles. The molecule has 17 nitrogen and oxygen atoms in total. The Balaban J connectivity index is 6.05. The van der Waals surface area contributed by atoms with E-state index in [1.54, 1.807) is 83.1 Å². The van der Waals surface area contributed by atoms with Gasteiger partial charge in [0, 0.05) is 77.6 Å². The molecule has 0 rings (SSSR count). The molecule has 65 atom stereocenters. The van der Waals surface area contributed by atoms with Crippen LogP contribution < -0.4 is 0 Å². The second-order valence-corrected chi connectivity index (χ2v) is 52.2. The highest BCUT2D eigenvalue weighted by Gasteiger charge is 2.52. The summed E-state index contributed by atoms with van der Waals surface area (Å²) in [5, 5.41) is 198. The van der Waals surface area contributed by atoms with Gasteiger partial charge in [-0.25, -0.2) is 0 Å². The van der Waals surface area contributed by atoms with E-state index >= 15 is 0 Å². The first-order valence-corrected chi connectivity index (χ1v) is 56.9. The van der Waals surface area contributed by atoms with Gasteiger partial charge in [-0.05, 0) is 231 Å². The van der Waals surface area contributed by atoms with Crippen LogP contribution in [0.3, 0.4) is 0 Å². The Morgan fingerprint density at radius 3 is 0.372 bits per heavy atom. The predicted molar refractivity (Wildman–Crippen MR) is 576 cm³/mol. The fourth-order valence-corrected chi connectivity index (χ4v) is 26.9. The molecule has 0 aliphatic carbocycles. The minimum absolute atomic E-state index is 0.0107. The van der Waals surface area contributed by atoms with Crippen LogP contribution >= 0.6 is 0 Å². The standard InChI is InChI=1S/C120H242O17/c1-53-55(2)57(4)58(5)87(34)107(123)88(35)79(26)71(18)63(10)59(6)64(11)72(19)80(27)89(36)108(124)90(37)81(28)73(20)65(12)60(7)66(13)74(21)82(29)91(38)109(125)92(39)83(30)75(22)67(14)61(8)68(15)76(23)84(31)93(40)110(126)94(41)85(32)77(24)69(16)62(9)70(17)78(25)86(33)104(51)120(136,137)105(52)119(135)103(50)118(134)102(49)117(133)101(48)116(132)100(47)115(131)99(46)114(130)98(45)113(129)97(44)112(128)96(43)111(127)95(42)106(122)56(3)54-121/h55-119,121-137H,53-54H2,1-52H3. The third kappa shape index (κ3) is 33.7. The van der Waals surface area contributed by atoms with Crippen LogP contribution in [0.25, 0.3) is 0 Å². The Labute approximate surface area is 848 Å². The van der Waals surface area contributed by atoms with Crippen molar-refractivity contribution in [2.24, 2.45) is 302 Å². The molecule has 0 fully saturated rings. The molecule has 824 valence electrons. The van der Waals surface area contributed by atoms with Crippen LogP contribution in [0.1, 0.15) is 366 Å². The zero-order valence-corrected chi connectivity index (χ0v) is 99.0. The van der Waals surface area contributed by atoms with Crippen LogP contribution in [0, 0.1) is 302 Å². The van der Waals surface area contributed by atoms with Crippen LogP contribution in [0.4, 0.5) is 0 Å². The van der Waals surface area contributed by atoms with Crippen LogP contribution in [0.15, 0.2) is 0 Å². The fourth-order valence-electron chi connectivity index (χ4n) is 26.9. The van der Waals surface area contributed by atoms with E-state index in [2.05, 4.69) is 270 Å². The van der Waals surface area contributed by atoms with E-state index in [1.807, 2.05) is 6.92 Å². The summed E-state index contributed by atoms with van der Waals surface area (Å²) in [5.74, 6) is -0.944. The van der Waals surface area contributed by atoms with Crippen LogP contribution in [-0.4, -0.2) is 185 Å². The number of hydrogen-bond donors (Lipinski definition) is 17. The Morgan fingerprint density at radius 2 is 0.234 bits per heavy atom. The summed E-state index contributed by atoms with van der Waals surface area (Å²) >= 11 is 0. The average molecular weight is 1960 g/mol. The van der Waals surface area contributed by atoms with E-state index in [1.165, 1.54) is 6.42 Å². The predicted octanol–water partition coefficient (Wildman–Crippen LogP) is 22.6. The van der Waals surface area contributed by atoms with Gasteiger partial charge in [-0.15, -0.1) is 0 Å². The molecule has 0 aromatic carbocycles.